The van der Waals surface area contributed by atoms with Crippen LogP contribution in [0.2, 0.25) is 5.02 Å². The lowest BCUT2D eigenvalue weighted by Crippen LogP contribution is -3.12. The number of morpholine rings is 1. The van der Waals surface area contributed by atoms with Crippen molar-refractivity contribution in [1.82, 2.24) is 18.7 Å². The van der Waals surface area contributed by atoms with E-state index in [0.29, 0.717) is 42.5 Å². The second-order valence-electron chi connectivity index (χ2n) is 7.16. The summed E-state index contributed by atoms with van der Waals surface area (Å²) >= 11 is 6.01. The lowest BCUT2D eigenvalue weighted by atomic mass is 10.2. The molecule has 28 heavy (non-hydrogen) atoms. The maximum atomic E-state index is 12.9. The minimum absolute atomic E-state index is 0.331. The number of imidazole rings is 1. The molecule has 0 radical (unpaired) electrons. The summed E-state index contributed by atoms with van der Waals surface area (Å²) in [5, 5.41) is 0.663. The Kier molecular flexibility index (Phi) is 5.09. The number of quaternary nitrogens is 1. The van der Waals surface area contributed by atoms with Crippen LogP contribution in [0.5, 0.6) is 0 Å². The third-order valence-corrected chi connectivity index (χ3v) is 5.54. The van der Waals surface area contributed by atoms with Gasteiger partial charge in [0.15, 0.2) is 17.0 Å². The molecule has 1 aromatic carbocycles. The highest BCUT2D eigenvalue weighted by atomic mass is 35.5. The molecule has 0 bridgehead atoms. The van der Waals surface area contributed by atoms with Crippen molar-refractivity contribution >= 4 is 22.8 Å². The fraction of sp³-hybridized carbons (Fsp3) is 0.421. The Morgan fingerprint density at radius 3 is 2.46 bits per heavy atom. The molecule has 1 N–H and O–H groups in total. The number of aryl methyl sites for hydroxylation is 1. The number of ether oxygens (including phenoxy) is 1. The monoisotopic (exact) mass is 404 g/mol. The summed E-state index contributed by atoms with van der Waals surface area (Å²) in [6.45, 7) is 4.37. The topological polar surface area (TPSA) is 75.5 Å². The van der Waals surface area contributed by atoms with E-state index in [2.05, 4.69) is 0 Å². The van der Waals surface area contributed by atoms with Gasteiger partial charge in [0.05, 0.1) is 13.2 Å². The second kappa shape index (κ2) is 7.54. The minimum Gasteiger partial charge on any atom is -0.370 e. The van der Waals surface area contributed by atoms with Crippen molar-refractivity contribution in [3.63, 3.8) is 0 Å². The Morgan fingerprint density at radius 1 is 1.11 bits per heavy atom. The van der Waals surface area contributed by atoms with Gasteiger partial charge in [-0.2, -0.15) is 0 Å². The summed E-state index contributed by atoms with van der Waals surface area (Å²) in [5.41, 5.74) is 1.17. The zero-order valence-corrected chi connectivity index (χ0v) is 16.7. The quantitative estimate of drug-likeness (QED) is 0.639. The second-order valence-corrected chi connectivity index (χ2v) is 7.59. The van der Waals surface area contributed by atoms with Gasteiger partial charge in [-0.15, -0.1) is 0 Å². The van der Waals surface area contributed by atoms with E-state index in [0.717, 1.165) is 29.0 Å². The number of nitrogens with zero attached hydrogens (tertiary/aromatic N) is 4. The van der Waals surface area contributed by atoms with Gasteiger partial charge >= 0.3 is 5.69 Å². The molecule has 1 saturated heterocycles. The van der Waals surface area contributed by atoms with Gasteiger partial charge in [0.25, 0.3) is 5.56 Å². The molecule has 148 valence electrons. The van der Waals surface area contributed by atoms with Crippen LogP contribution in [-0.2, 0) is 31.9 Å². The van der Waals surface area contributed by atoms with Crippen molar-refractivity contribution in [1.29, 1.82) is 0 Å². The third kappa shape index (κ3) is 3.39. The van der Waals surface area contributed by atoms with Gasteiger partial charge in [0.1, 0.15) is 19.6 Å². The molecule has 1 fully saturated rings. The van der Waals surface area contributed by atoms with E-state index in [-0.39, 0.29) is 11.2 Å². The van der Waals surface area contributed by atoms with Crippen LogP contribution in [-0.4, -0.2) is 45.0 Å². The molecule has 4 rings (SSSR count). The molecule has 3 aromatic rings. The maximum Gasteiger partial charge on any atom is 0.332 e. The van der Waals surface area contributed by atoms with E-state index in [9.17, 15) is 9.59 Å². The van der Waals surface area contributed by atoms with Crippen LogP contribution in [0.15, 0.2) is 33.9 Å². The highest BCUT2D eigenvalue weighted by molar-refractivity contribution is 6.30. The first-order chi connectivity index (χ1) is 13.5. The van der Waals surface area contributed by atoms with Crippen molar-refractivity contribution < 1.29 is 9.64 Å². The summed E-state index contributed by atoms with van der Waals surface area (Å²) in [7, 11) is 3.14. The van der Waals surface area contributed by atoms with Crippen molar-refractivity contribution in [3.05, 3.63) is 61.5 Å². The third-order valence-electron chi connectivity index (χ3n) is 5.29. The van der Waals surface area contributed by atoms with Gasteiger partial charge in [-0.25, -0.2) is 9.78 Å². The van der Waals surface area contributed by atoms with E-state index in [4.69, 9.17) is 21.3 Å². The molecule has 0 spiro atoms. The molecule has 0 saturated carbocycles. The highest BCUT2D eigenvalue weighted by Crippen LogP contribution is 2.16. The average Bonchev–Trinajstić information content (AvgIpc) is 3.05. The molecule has 2 aromatic heterocycles. The van der Waals surface area contributed by atoms with Gasteiger partial charge in [0.2, 0.25) is 0 Å². The molecule has 1 aliphatic heterocycles. The van der Waals surface area contributed by atoms with Gasteiger partial charge in [-0.1, -0.05) is 23.7 Å². The van der Waals surface area contributed by atoms with Crippen LogP contribution in [0, 0.1) is 0 Å². The average molecular weight is 405 g/mol. The number of aromatic nitrogens is 4. The Labute approximate surface area is 166 Å². The van der Waals surface area contributed by atoms with Crippen LogP contribution in [0.1, 0.15) is 11.4 Å². The Morgan fingerprint density at radius 2 is 1.79 bits per heavy atom. The van der Waals surface area contributed by atoms with Crippen molar-refractivity contribution in [3.8, 4) is 0 Å². The molecule has 9 heteroatoms. The smallest absolute Gasteiger partial charge is 0.332 e. The number of fused-ring (bicyclic) bond motifs is 1. The van der Waals surface area contributed by atoms with Crippen molar-refractivity contribution in [2.75, 3.05) is 26.3 Å². The van der Waals surface area contributed by atoms with Crippen LogP contribution in [0.4, 0.5) is 0 Å². The normalized spacial score (nSPS) is 15.4. The number of nitrogens with one attached hydrogen (secondary N) is 1. The van der Waals surface area contributed by atoms with Crippen molar-refractivity contribution in [2.24, 2.45) is 14.1 Å². The van der Waals surface area contributed by atoms with Crippen LogP contribution in [0.3, 0.4) is 0 Å². The Hall–Kier alpha value is -2.42. The molecule has 3 heterocycles. The number of rotatable bonds is 4. The van der Waals surface area contributed by atoms with E-state index in [1.165, 1.54) is 16.5 Å². The maximum absolute atomic E-state index is 12.9. The molecule has 1 aliphatic rings. The van der Waals surface area contributed by atoms with Crippen LogP contribution in [0.25, 0.3) is 11.2 Å². The number of halogens is 1. The van der Waals surface area contributed by atoms with Crippen molar-refractivity contribution in [2.45, 2.75) is 13.1 Å². The fourth-order valence-corrected chi connectivity index (χ4v) is 3.76. The first-order valence-corrected chi connectivity index (χ1v) is 9.64. The molecule has 0 amide bonds. The summed E-state index contributed by atoms with van der Waals surface area (Å²) in [4.78, 5) is 31.3. The first-order valence-electron chi connectivity index (χ1n) is 9.26. The Bertz CT molecular complexity index is 1120. The summed E-state index contributed by atoms with van der Waals surface area (Å²) in [6, 6.07) is 7.53. The SMILES string of the molecule is Cn1c(=O)c2c(nc(C[NH+]3CCOCC3)n2Cc2ccc(Cl)cc2)n(C)c1=O. The predicted octanol–water partition coefficient (Wildman–Crippen LogP) is -0.449. The lowest BCUT2D eigenvalue weighted by molar-refractivity contribution is -0.922. The Balaban J connectivity index is 1.87. The van der Waals surface area contributed by atoms with Crippen LogP contribution >= 0.6 is 11.6 Å². The molecular formula is C19H23ClN5O3+. The zero-order valence-electron chi connectivity index (χ0n) is 15.9. The largest absolute Gasteiger partial charge is 0.370 e. The van der Waals surface area contributed by atoms with E-state index in [1.807, 2.05) is 28.8 Å². The molecule has 0 atom stereocenters. The number of hydrogen-bond donors (Lipinski definition) is 1. The fourth-order valence-electron chi connectivity index (χ4n) is 3.63. The first kappa shape index (κ1) is 18.9. The molecule has 0 unspecified atom stereocenters. The molecule has 0 aliphatic carbocycles. The zero-order chi connectivity index (χ0) is 19.8. The van der Waals surface area contributed by atoms with Gasteiger partial charge in [-0.05, 0) is 17.7 Å². The number of hydrogen-bond acceptors (Lipinski definition) is 4. The molecular weight excluding hydrogens is 382 g/mol. The van der Waals surface area contributed by atoms with E-state index < -0.39 is 0 Å². The lowest BCUT2D eigenvalue weighted by Gasteiger charge is -2.23. The van der Waals surface area contributed by atoms with Gasteiger partial charge in [-0.3, -0.25) is 13.9 Å². The molecule has 8 nitrogen and oxygen atoms in total. The van der Waals surface area contributed by atoms with Crippen LogP contribution < -0.4 is 16.1 Å². The standard InChI is InChI=1S/C19H22ClN5O3/c1-22-17-16(18(26)23(2)19(22)27)25(11-13-3-5-14(20)6-4-13)15(21-17)12-24-7-9-28-10-8-24/h3-6H,7-12H2,1-2H3/p+1. The highest BCUT2D eigenvalue weighted by Gasteiger charge is 2.23. The van der Waals surface area contributed by atoms with E-state index >= 15 is 0 Å². The predicted molar refractivity (Wildman–Crippen MR) is 106 cm³/mol. The van der Waals surface area contributed by atoms with Gasteiger partial charge < -0.3 is 14.2 Å². The summed E-state index contributed by atoms with van der Waals surface area (Å²) in [5.74, 6) is 0.792. The summed E-state index contributed by atoms with van der Waals surface area (Å²) in [6.07, 6.45) is 0. The minimum atomic E-state index is -0.376. The van der Waals surface area contributed by atoms with E-state index in [1.54, 1.807) is 7.05 Å². The number of benzene rings is 1. The summed E-state index contributed by atoms with van der Waals surface area (Å²) < 4.78 is 9.95. The van der Waals surface area contributed by atoms with Gasteiger partial charge in [0, 0.05) is 25.7 Å².